The second kappa shape index (κ2) is 76.8. The zero-order valence-corrected chi connectivity index (χ0v) is 57.4. The standard InChI is InChI=1S/C83H138O5/c1-3-5-7-9-11-13-15-17-19-21-23-25-27-29-31-33-35-37-39-40-41-42-44-45-47-49-51-53-55-57-59-61-63-65-67-69-71-73-75-77-82(85)87-80-81(79-84)88-83(86)78-76-74-72-70-68-66-64-62-60-58-56-54-52-50-48-46-43-38-36-34-32-30-28-26-24-22-20-18-16-14-12-10-8-6-4-2/h5-8,11-14,17-20,23-26,29-32,36,38,46,48,52,54,81,84H,3-4,9-10,15-16,21-22,27-28,33-35,37,39-45,47,49-51,53,55-80H2,1-2H3/b7-5-,8-6-,13-11-,14-12-,19-17-,20-18-,25-23-,26-24-,31-29-,32-30-,38-36-,48-46-,54-52-. The Morgan fingerprint density at radius 1 is 0.261 bits per heavy atom. The van der Waals surface area contributed by atoms with Gasteiger partial charge in [0.2, 0.25) is 0 Å². The highest BCUT2D eigenvalue weighted by molar-refractivity contribution is 5.70. The summed E-state index contributed by atoms with van der Waals surface area (Å²) in [5.74, 6) is -0.590. The summed E-state index contributed by atoms with van der Waals surface area (Å²) >= 11 is 0. The molecule has 0 aromatic carbocycles. The first kappa shape index (κ1) is 83.5. The number of carbonyl (C=O) groups is 2. The number of rotatable bonds is 67. The third-order valence-electron chi connectivity index (χ3n) is 15.8. The zero-order valence-electron chi connectivity index (χ0n) is 57.4. The normalized spacial score (nSPS) is 13.2. The van der Waals surface area contributed by atoms with E-state index < -0.39 is 6.10 Å². The van der Waals surface area contributed by atoms with Crippen LogP contribution in [0.2, 0.25) is 0 Å². The molecule has 5 nitrogen and oxygen atoms in total. The van der Waals surface area contributed by atoms with Gasteiger partial charge >= 0.3 is 11.9 Å². The first-order valence-corrected chi connectivity index (χ1v) is 37.0. The second-order valence-electron chi connectivity index (χ2n) is 24.3. The Morgan fingerprint density at radius 2 is 0.455 bits per heavy atom. The first-order valence-electron chi connectivity index (χ1n) is 37.0. The van der Waals surface area contributed by atoms with Crippen LogP contribution in [0, 0.1) is 0 Å². The minimum atomic E-state index is -0.784. The summed E-state index contributed by atoms with van der Waals surface area (Å²) in [4.78, 5) is 24.7. The molecule has 0 spiro atoms. The Balaban J connectivity index is 3.48. The van der Waals surface area contributed by atoms with Crippen LogP contribution in [0.1, 0.15) is 335 Å². The van der Waals surface area contributed by atoms with Gasteiger partial charge in [-0.25, -0.2) is 0 Å². The second-order valence-corrected chi connectivity index (χ2v) is 24.3. The number of aliphatic hydroxyl groups is 1. The van der Waals surface area contributed by atoms with E-state index in [0.29, 0.717) is 12.8 Å². The number of ether oxygens (including phenoxy) is 2. The molecule has 0 amide bonds. The highest BCUT2D eigenvalue weighted by Crippen LogP contribution is 2.18. The van der Waals surface area contributed by atoms with Crippen LogP contribution in [0.15, 0.2) is 158 Å². The molecule has 1 unspecified atom stereocenters. The molecule has 0 aliphatic heterocycles. The van der Waals surface area contributed by atoms with Crippen molar-refractivity contribution < 1.29 is 24.2 Å². The van der Waals surface area contributed by atoms with Gasteiger partial charge in [0.25, 0.3) is 0 Å². The lowest BCUT2D eigenvalue weighted by atomic mass is 10.0. The van der Waals surface area contributed by atoms with Gasteiger partial charge in [0.1, 0.15) is 6.61 Å². The molecule has 500 valence electrons. The number of unbranched alkanes of at least 4 members (excludes halogenated alkanes) is 33. The van der Waals surface area contributed by atoms with Gasteiger partial charge in [-0.15, -0.1) is 0 Å². The van der Waals surface area contributed by atoms with E-state index in [9.17, 15) is 14.7 Å². The summed E-state index contributed by atoms with van der Waals surface area (Å²) in [6, 6.07) is 0. The van der Waals surface area contributed by atoms with Crippen LogP contribution in [-0.4, -0.2) is 36.4 Å². The maximum Gasteiger partial charge on any atom is 0.306 e. The molecule has 5 heteroatoms. The van der Waals surface area contributed by atoms with Gasteiger partial charge < -0.3 is 14.6 Å². The molecule has 0 aromatic rings. The van der Waals surface area contributed by atoms with E-state index >= 15 is 0 Å². The van der Waals surface area contributed by atoms with Crippen molar-refractivity contribution in [2.75, 3.05) is 13.2 Å². The van der Waals surface area contributed by atoms with Crippen molar-refractivity contribution in [3.05, 3.63) is 158 Å². The molecule has 1 atom stereocenters. The van der Waals surface area contributed by atoms with Crippen molar-refractivity contribution in [1.82, 2.24) is 0 Å². The summed E-state index contributed by atoms with van der Waals surface area (Å²) in [5.41, 5.74) is 0. The van der Waals surface area contributed by atoms with Crippen LogP contribution in [0.4, 0.5) is 0 Å². The number of hydrogen-bond acceptors (Lipinski definition) is 5. The molecule has 0 fully saturated rings. The van der Waals surface area contributed by atoms with Crippen LogP contribution in [-0.2, 0) is 19.1 Å². The molecule has 0 aliphatic carbocycles. The number of carbonyl (C=O) groups excluding carboxylic acids is 2. The van der Waals surface area contributed by atoms with Crippen LogP contribution in [0.25, 0.3) is 0 Å². The number of allylic oxidation sites excluding steroid dienone is 26. The average Bonchev–Trinajstić information content (AvgIpc) is 3.54. The molecular weight excluding hydrogens is 1080 g/mol. The van der Waals surface area contributed by atoms with Crippen molar-refractivity contribution in [3.8, 4) is 0 Å². The van der Waals surface area contributed by atoms with Gasteiger partial charge in [-0.05, 0) is 122 Å². The van der Waals surface area contributed by atoms with E-state index in [4.69, 9.17) is 9.47 Å². The molecule has 88 heavy (non-hydrogen) atoms. The SMILES string of the molecule is CC/C=C\C/C=C\C/C=C\C/C=C\C/C=C\C/C=C\C/C=C\C/C=C\CCCCCCCCCCCCC(=O)OC(CO)COC(=O)CCCCCCCCCCCCCCCCCCCCCCCCC/C=C\C/C=C\C/C=C\C/C=C\C/C=C\CC. The quantitative estimate of drug-likeness (QED) is 0.0373. The molecule has 0 aliphatic rings. The lowest BCUT2D eigenvalue weighted by Crippen LogP contribution is -2.28. The highest BCUT2D eigenvalue weighted by Gasteiger charge is 2.16. The van der Waals surface area contributed by atoms with Gasteiger partial charge in [0.15, 0.2) is 6.10 Å². The van der Waals surface area contributed by atoms with Crippen LogP contribution in [0.5, 0.6) is 0 Å². The van der Waals surface area contributed by atoms with Crippen molar-refractivity contribution in [2.45, 2.75) is 341 Å². The molecule has 0 rings (SSSR count). The number of hydrogen-bond donors (Lipinski definition) is 1. The number of aliphatic hydroxyl groups excluding tert-OH is 1. The fourth-order valence-electron chi connectivity index (χ4n) is 10.4. The third kappa shape index (κ3) is 74.0. The van der Waals surface area contributed by atoms with Crippen molar-refractivity contribution in [2.24, 2.45) is 0 Å². The lowest BCUT2D eigenvalue weighted by Gasteiger charge is -2.15. The first-order chi connectivity index (χ1) is 43.6. The zero-order chi connectivity index (χ0) is 63.3. The molecule has 0 bridgehead atoms. The Labute approximate surface area is 545 Å². The summed E-state index contributed by atoms with van der Waals surface area (Å²) in [6.45, 7) is 3.93. The van der Waals surface area contributed by atoms with Gasteiger partial charge in [-0.3, -0.25) is 9.59 Å². The van der Waals surface area contributed by atoms with Gasteiger partial charge in [-0.2, -0.15) is 0 Å². The summed E-state index contributed by atoms with van der Waals surface area (Å²) in [6.07, 6.45) is 117. The Hall–Kier alpha value is -4.48. The predicted molar refractivity (Wildman–Crippen MR) is 389 cm³/mol. The van der Waals surface area contributed by atoms with Crippen LogP contribution < -0.4 is 0 Å². The molecule has 0 heterocycles. The molecular formula is C83H138O5. The molecule has 0 saturated carbocycles. The summed E-state index contributed by atoms with van der Waals surface area (Å²) < 4.78 is 10.8. The lowest BCUT2D eigenvalue weighted by molar-refractivity contribution is -0.161. The monoisotopic (exact) mass is 1220 g/mol. The Kier molecular flexibility index (Phi) is 72.9. The topological polar surface area (TPSA) is 72.8 Å². The number of esters is 2. The third-order valence-corrected chi connectivity index (χ3v) is 15.8. The van der Waals surface area contributed by atoms with Crippen molar-refractivity contribution in [1.29, 1.82) is 0 Å². The van der Waals surface area contributed by atoms with Crippen LogP contribution >= 0.6 is 0 Å². The summed E-state index contributed by atoms with van der Waals surface area (Å²) in [5, 5.41) is 9.72. The predicted octanol–water partition coefficient (Wildman–Crippen LogP) is 26.2. The Morgan fingerprint density at radius 3 is 0.682 bits per heavy atom. The van der Waals surface area contributed by atoms with Crippen molar-refractivity contribution in [3.63, 3.8) is 0 Å². The minimum absolute atomic E-state index is 0.0717. The highest BCUT2D eigenvalue weighted by atomic mass is 16.6. The van der Waals surface area contributed by atoms with E-state index in [1.165, 1.54) is 186 Å². The Bertz CT molecular complexity index is 1860. The maximum atomic E-state index is 12.4. The van der Waals surface area contributed by atoms with E-state index in [1.807, 2.05) is 0 Å². The van der Waals surface area contributed by atoms with E-state index in [-0.39, 0.29) is 25.2 Å². The van der Waals surface area contributed by atoms with Crippen LogP contribution in [0.3, 0.4) is 0 Å². The molecule has 0 aromatic heterocycles. The fraction of sp³-hybridized carbons (Fsp3) is 0.663. The van der Waals surface area contributed by atoms with Gasteiger partial charge in [0.05, 0.1) is 6.61 Å². The van der Waals surface area contributed by atoms with E-state index in [1.54, 1.807) is 0 Å². The van der Waals surface area contributed by atoms with Crippen molar-refractivity contribution >= 4 is 11.9 Å². The molecule has 0 saturated heterocycles. The fourth-order valence-corrected chi connectivity index (χ4v) is 10.4. The minimum Gasteiger partial charge on any atom is -0.462 e. The van der Waals surface area contributed by atoms with E-state index in [2.05, 4.69) is 172 Å². The molecule has 1 N–H and O–H groups in total. The van der Waals surface area contributed by atoms with Gasteiger partial charge in [0, 0.05) is 12.8 Å². The maximum absolute atomic E-state index is 12.4. The summed E-state index contributed by atoms with van der Waals surface area (Å²) in [7, 11) is 0. The largest absolute Gasteiger partial charge is 0.462 e. The van der Waals surface area contributed by atoms with E-state index in [0.717, 1.165) is 122 Å². The average molecular weight is 1220 g/mol. The smallest absolute Gasteiger partial charge is 0.306 e. The molecule has 0 radical (unpaired) electrons. The van der Waals surface area contributed by atoms with Gasteiger partial charge in [-0.1, -0.05) is 358 Å².